The second-order valence-electron chi connectivity index (χ2n) is 7.63. The van der Waals surface area contributed by atoms with E-state index in [0.29, 0.717) is 22.7 Å². The van der Waals surface area contributed by atoms with Crippen molar-refractivity contribution >= 4 is 11.6 Å². The summed E-state index contributed by atoms with van der Waals surface area (Å²) in [4.78, 5) is 12.5. The van der Waals surface area contributed by atoms with Gasteiger partial charge in [-0.05, 0) is 73.7 Å². The van der Waals surface area contributed by atoms with E-state index in [-0.39, 0.29) is 5.91 Å². The average molecular weight is 388 g/mol. The molecule has 1 heterocycles. The van der Waals surface area contributed by atoms with Crippen molar-refractivity contribution < 1.29 is 9.18 Å². The number of amides is 1. The van der Waals surface area contributed by atoms with Gasteiger partial charge in [0.1, 0.15) is 5.82 Å². The molecule has 1 aliphatic rings. The van der Waals surface area contributed by atoms with Crippen molar-refractivity contribution in [3.63, 3.8) is 0 Å². The highest BCUT2D eigenvalue weighted by Crippen LogP contribution is 2.24. The summed E-state index contributed by atoms with van der Waals surface area (Å²) in [6.07, 6.45) is 3.54. The lowest BCUT2D eigenvalue weighted by atomic mass is 9.92. The van der Waals surface area contributed by atoms with Gasteiger partial charge in [0.25, 0.3) is 5.91 Å². The second kappa shape index (κ2) is 9.01. The fraction of sp³-hybridized carbons (Fsp3) is 0.240. The number of anilines is 1. The van der Waals surface area contributed by atoms with E-state index in [2.05, 4.69) is 22.8 Å². The Bertz CT molecular complexity index is 964. The molecular formula is C25H25FN2O. The van der Waals surface area contributed by atoms with Gasteiger partial charge in [-0.2, -0.15) is 0 Å². The highest BCUT2D eigenvalue weighted by Gasteiger charge is 2.14. The summed E-state index contributed by atoms with van der Waals surface area (Å²) in [5.74, 6) is -0.0386. The van der Waals surface area contributed by atoms with Gasteiger partial charge in [-0.3, -0.25) is 4.79 Å². The monoisotopic (exact) mass is 388 g/mol. The molecule has 1 atom stereocenters. The minimum Gasteiger partial charge on any atom is -0.322 e. The fourth-order valence-corrected chi connectivity index (χ4v) is 3.87. The maximum Gasteiger partial charge on any atom is 0.255 e. The van der Waals surface area contributed by atoms with Crippen molar-refractivity contribution in [1.82, 2.24) is 5.32 Å². The van der Waals surface area contributed by atoms with E-state index in [4.69, 9.17) is 0 Å². The lowest BCUT2D eigenvalue weighted by Gasteiger charge is -2.22. The molecule has 2 N–H and O–H groups in total. The van der Waals surface area contributed by atoms with E-state index in [1.807, 2.05) is 42.5 Å². The zero-order valence-electron chi connectivity index (χ0n) is 16.3. The van der Waals surface area contributed by atoms with Gasteiger partial charge in [0, 0.05) is 16.8 Å². The number of hydrogen-bond acceptors (Lipinski definition) is 2. The molecule has 1 fully saturated rings. The first kappa shape index (κ1) is 19.3. The zero-order valence-corrected chi connectivity index (χ0v) is 16.3. The average Bonchev–Trinajstić information content (AvgIpc) is 2.76. The van der Waals surface area contributed by atoms with Gasteiger partial charge in [0.15, 0.2) is 0 Å². The Hall–Kier alpha value is -2.98. The van der Waals surface area contributed by atoms with Gasteiger partial charge < -0.3 is 10.6 Å². The summed E-state index contributed by atoms with van der Waals surface area (Å²) >= 11 is 0. The summed E-state index contributed by atoms with van der Waals surface area (Å²) < 4.78 is 14.5. The Morgan fingerprint density at radius 2 is 1.83 bits per heavy atom. The van der Waals surface area contributed by atoms with Crippen LogP contribution in [0.1, 0.15) is 28.8 Å². The van der Waals surface area contributed by atoms with Crippen LogP contribution in [0.4, 0.5) is 10.1 Å². The molecule has 148 valence electrons. The number of hydrogen-bond donors (Lipinski definition) is 2. The molecule has 1 amide bonds. The normalized spacial score (nSPS) is 16.4. The SMILES string of the molecule is O=C(Nc1ccc(CC2CCCNC2)cc1)c1ccc(-c2ccccc2)c(F)c1. The van der Waals surface area contributed by atoms with E-state index in [1.165, 1.54) is 24.5 Å². The van der Waals surface area contributed by atoms with E-state index < -0.39 is 5.82 Å². The number of rotatable bonds is 5. The first-order valence-electron chi connectivity index (χ1n) is 10.1. The molecule has 3 aromatic carbocycles. The Kier molecular flexibility index (Phi) is 6.01. The maximum atomic E-state index is 14.5. The second-order valence-corrected chi connectivity index (χ2v) is 7.63. The fourth-order valence-electron chi connectivity index (χ4n) is 3.87. The minimum atomic E-state index is -0.403. The third kappa shape index (κ3) is 4.90. The predicted octanol–water partition coefficient (Wildman–Crippen LogP) is 5.29. The van der Waals surface area contributed by atoms with Crippen molar-refractivity contribution in [2.75, 3.05) is 18.4 Å². The van der Waals surface area contributed by atoms with E-state index in [0.717, 1.165) is 25.1 Å². The standard InChI is InChI=1S/C25H25FN2O/c26-24-16-21(10-13-23(24)20-6-2-1-3-7-20)25(29)28-22-11-8-18(9-12-22)15-19-5-4-14-27-17-19/h1-3,6-13,16,19,27H,4-5,14-15,17H2,(H,28,29). The van der Waals surface area contributed by atoms with Crippen molar-refractivity contribution in [1.29, 1.82) is 0 Å². The third-order valence-corrected chi connectivity index (χ3v) is 5.45. The zero-order chi connectivity index (χ0) is 20.1. The van der Waals surface area contributed by atoms with Crippen molar-refractivity contribution in [3.05, 3.63) is 89.7 Å². The Labute approximate surface area is 171 Å². The first-order valence-corrected chi connectivity index (χ1v) is 10.1. The molecule has 0 aromatic heterocycles. The summed E-state index contributed by atoms with van der Waals surface area (Å²) in [7, 11) is 0. The molecule has 1 aliphatic heterocycles. The van der Waals surface area contributed by atoms with Crippen LogP contribution in [0, 0.1) is 11.7 Å². The molecule has 0 radical (unpaired) electrons. The summed E-state index contributed by atoms with van der Waals surface area (Å²) in [5, 5.41) is 6.30. The molecule has 4 heteroatoms. The highest BCUT2D eigenvalue weighted by atomic mass is 19.1. The molecule has 0 saturated carbocycles. The number of piperidine rings is 1. The van der Waals surface area contributed by atoms with Crippen LogP contribution in [-0.2, 0) is 6.42 Å². The number of benzene rings is 3. The molecule has 4 rings (SSSR count). The maximum absolute atomic E-state index is 14.5. The quantitative estimate of drug-likeness (QED) is 0.624. The molecule has 0 spiro atoms. The van der Waals surface area contributed by atoms with Crippen molar-refractivity contribution in [2.45, 2.75) is 19.3 Å². The topological polar surface area (TPSA) is 41.1 Å². The summed E-state index contributed by atoms with van der Waals surface area (Å²) in [5.41, 5.74) is 3.58. The minimum absolute atomic E-state index is 0.305. The van der Waals surface area contributed by atoms with Crippen LogP contribution in [-0.4, -0.2) is 19.0 Å². The lowest BCUT2D eigenvalue weighted by molar-refractivity contribution is 0.102. The van der Waals surface area contributed by atoms with Crippen molar-refractivity contribution in [3.8, 4) is 11.1 Å². The molecular weight excluding hydrogens is 363 g/mol. The molecule has 1 unspecified atom stereocenters. The Morgan fingerprint density at radius 1 is 1.03 bits per heavy atom. The molecule has 29 heavy (non-hydrogen) atoms. The smallest absolute Gasteiger partial charge is 0.255 e. The van der Waals surface area contributed by atoms with Crippen LogP contribution in [0.5, 0.6) is 0 Å². The van der Waals surface area contributed by atoms with Gasteiger partial charge in [0.05, 0.1) is 0 Å². The van der Waals surface area contributed by atoms with Crippen molar-refractivity contribution in [2.24, 2.45) is 5.92 Å². The molecule has 1 saturated heterocycles. The largest absolute Gasteiger partial charge is 0.322 e. The van der Waals surface area contributed by atoms with Crippen LogP contribution in [0.15, 0.2) is 72.8 Å². The summed E-state index contributed by atoms with van der Waals surface area (Å²) in [6, 6.07) is 21.9. The van der Waals surface area contributed by atoms with E-state index in [1.54, 1.807) is 12.1 Å². The summed E-state index contributed by atoms with van der Waals surface area (Å²) in [6.45, 7) is 2.19. The van der Waals surface area contributed by atoms with E-state index >= 15 is 0 Å². The number of carbonyl (C=O) groups excluding carboxylic acids is 1. The molecule has 0 aliphatic carbocycles. The van der Waals surface area contributed by atoms with E-state index in [9.17, 15) is 9.18 Å². The van der Waals surface area contributed by atoms with Crippen LogP contribution in [0.2, 0.25) is 0 Å². The van der Waals surface area contributed by atoms with Crippen LogP contribution in [0.25, 0.3) is 11.1 Å². The van der Waals surface area contributed by atoms with Gasteiger partial charge in [-0.25, -0.2) is 4.39 Å². The van der Waals surface area contributed by atoms with Gasteiger partial charge in [-0.1, -0.05) is 48.5 Å². The van der Waals surface area contributed by atoms with Gasteiger partial charge >= 0.3 is 0 Å². The molecule has 3 aromatic rings. The Morgan fingerprint density at radius 3 is 2.52 bits per heavy atom. The first-order chi connectivity index (χ1) is 14.2. The number of halogens is 1. The Balaban J connectivity index is 1.40. The number of nitrogens with one attached hydrogen (secondary N) is 2. The van der Waals surface area contributed by atoms with Crippen LogP contribution in [0.3, 0.4) is 0 Å². The predicted molar refractivity (Wildman–Crippen MR) is 116 cm³/mol. The van der Waals surface area contributed by atoms with Crippen LogP contribution < -0.4 is 10.6 Å². The molecule has 3 nitrogen and oxygen atoms in total. The number of carbonyl (C=O) groups is 1. The lowest BCUT2D eigenvalue weighted by Crippen LogP contribution is -2.30. The van der Waals surface area contributed by atoms with Gasteiger partial charge in [-0.15, -0.1) is 0 Å². The third-order valence-electron chi connectivity index (χ3n) is 5.45. The molecule has 0 bridgehead atoms. The highest BCUT2D eigenvalue weighted by molar-refractivity contribution is 6.04. The van der Waals surface area contributed by atoms with Gasteiger partial charge in [0.2, 0.25) is 0 Å². The van der Waals surface area contributed by atoms with Crippen LogP contribution >= 0.6 is 0 Å².